The van der Waals surface area contributed by atoms with Crippen LogP contribution in [0.5, 0.6) is 17.2 Å². The number of aromatic nitrogens is 1. The Labute approximate surface area is 189 Å². The molecule has 2 aromatic carbocycles. The second-order valence-corrected chi connectivity index (χ2v) is 7.14. The molecule has 0 unspecified atom stereocenters. The fourth-order valence-corrected chi connectivity index (χ4v) is 3.30. The van der Waals surface area contributed by atoms with E-state index in [1.807, 2.05) is 6.92 Å². The van der Waals surface area contributed by atoms with Crippen molar-refractivity contribution in [2.75, 3.05) is 29.6 Å². The smallest absolute Gasteiger partial charge is 0.323 e. The minimum Gasteiger partial charge on any atom is -0.497 e. The first kappa shape index (κ1) is 21.9. The van der Waals surface area contributed by atoms with Gasteiger partial charge in [0.2, 0.25) is 0 Å². The Morgan fingerprint density at radius 2 is 1.94 bits per heavy atom. The molecule has 2 heterocycles. The summed E-state index contributed by atoms with van der Waals surface area (Å²) in [4.78, 5) is 30.0. The van der Waals surface area contributed by atoms with Crippen molar-refractivity contribution in [1.29, 1.82) is 0 Å². The maximum atomic E-state index is 14.7. The molecule has 0 bridgehead atoms. The molecule has 4 rings (SSSR count). The number of nitrogens with zero attached hydrogens (tertiary/aromatic N) is 2. The average molecular weight is 451 g/mol. The number of methoxy groups -OCH3 is 1. The van der Waals surface area contributed by atoms with Crippen molar-refractivity contribution in [1.82, 2.24) is 9.88 Å². The van der Waals surface area contributed by atoms with Gasteiger partial charge in [-0.25, -0.2) is 19.0 Å². The lowest BCUT2D eigenvalue weighted by molar-refractivity contribution is 0.209. The fourth-order valence-electron chi connectivity index (χ4n) is 3.30. The third kappa shape index (κ3) is 4.95. The number of pyridine rings is 1. The molecular formula is C23H22FN5O4. The van der Waals surface area contributed by atoms with Crippen molar-refractivity contribution < 1.29 is 23.5 Å². The van der Waals surface area contributed by atoms with E-state index in [0.717, 1.165) is 6.07 Å². The molecule has 33 heavy (non-hydrogen) atoms. The molecule has 3 N–H and O–H groups in total. The van der Waals surface area contributed by atoms with Gasteiger partial charge in [0.25, 0.3) is 0 Å². The largest absolute Gasteiger partial charge is 0.497 e. The first-order chi connectivity index (χ1) is 16.0. The van der Waals surface area contributed by atoms with Crippen LogP contribution < -0.4 is 25.4 Å². The molecule has 170 valence electrons. The highest BCUT2D eigenvalue weighted by Gasteiger charge is 2.25. The maximum absolute atomic E-state index is 14.7. The van der Waals surface area contributed by atoms with Gasteiger partial charge in [-0.15, -0.1) is 0 Å². The molecule has 0 fully saturated rings. The summed E-state index contributed by atoms with van der Waals surface area (Å²) in [5.74, 6) is 0.679. The van der Waals surface area contributed by atoms with Gasteiger partial charge in [0.15, 0.2) is 11.6 Å². The van der Waals surface area contributed by atoms with Crippen LogP contribution in [0, 0.1) is 5.82 Å². The number of rotatable bonds is 6. The van der Waals surface area contributed by atoms with E-state index in [2.05, 4.69) is 20.9 Å². The summed E-state index contributed by atoms with van der Waals surface area (Å²) in [5, 5.41) is 7.93. The van der Waals surface area contributed by atoms with E-state index in [4.69, 9.17) is 9.47 Å². The Hall–Kier alpha value is -4.34. The third-order valence-electron chi connectivity index (χ3n) is 4.99. The van der Waals surface area contributed by atoms with Crippen LogP contribution in [0.3, 0.4) is 0 Å². The van der Waals surface area contributed by atoms with Gasteiger partial charge in [-0.05, 0) is 37.3 Å². The number of hydrogen-bond donors (Lipinski definition) is 3. The Kier molecular flexibility index (Phi) is 6.25. The van der Waals surface area contributed by atoms with Crippen LogP contribution >= 0.6 is 0 Å². The van der Waals surface area contributed by atoms with Crippen LogP contribution in [-0.2, 0) is 6.54 Å². The van der Waals surface area contributed by atoms with Gasteiger partial charge < -0.3 is 25.0 Å². The van der Waals surface area contributed by atoms with Crippen LogP contribution in [0.4, 0.5) is 31.2 Å². The van der Waals surface area contributed by atoms with E-state index in [0.29, 0.717) is 41.7 Å². The Morgan fingerprint density at radius 3 is 2.67 bits per heavy atom. The summed E-state index contributed by atoms with van der Waals surface area (Å²) >= 11 is 0. The average Bonchev–Trinajstić information content (AvgIpc) is 2.80. The molecule has 4 amide bonds. The van der Waals surface area contributed by atoms with Gasteiger partial charge in [-0.1, -0.05) is 6.07 Å². The van der Waals surface area contributed by atoms with Crippen molar-refractivity contribution in [3.8, 4) is 17.2 Å². The van der Waals surface area contributed by atoms with Crippen molar-refractivity contribution in [3.05, 3.63) is 66.1 Å². The first-order valence-electron chi connectivity index (χ1n) is 10.2. The highest BCUT2D eigenvalue weighted by molar-refractivity contribution is 5.99. The van der Waals surface area contributed by atoms with Crippen molar-refractivity contribution in [2.24, 2.45) is 0 Å². The molecule has 1 aliphatic rings. The number of benzene rings is 2. The lowest BCUT2D eigenvalue weighted by Crippen LogP contribution is -2.38. The van der Waals surface area contributed by atoms with E-state index in [1.165, 1.54) is 25.4 Å². The van der Waals surface area contributed by atoms with E-state index < -0.39 is 11.8 Å². The van der Waals surface area contributed by atoms with Gasteiger partial charge in [0.05, 0.1) is 19.2 Å². The molecule has 0 spiro atoms. The maximum Gasteiger partial charge on any atom is 0.323 e. The van der Waals surface area contributed by atoms with Gasteiger partial charge in [-0.2, -0.15) is 0 Å². The minimum absolute atomic E-state index is 0.0258. The number of halogens is 1. The topological polar surface area (TPSA) is 105 Å². The number of fused-ring (bicyclic) bond motifs is 1. The number of hydrogen-bond acceptors (Lipinski definition) is 5. The molecule has 0 saturated heterocycles. The number of carbonyl (C=O) groups is 2. The predicted octanol–water partition coefficient (Wildman–Crippen LogP) is 5.03. The van der Waals surface area contributed by atoms with E-state index in [-0.39, 0.29) is 17.5 Å². The molecule has 0 atom stereocenters. The number of carbonyl (C=O) groups excluding carboxylic acids is 2. The second-order valence-electron chi connectivity index (χ2n) is 7.14. The lowest BCUT2D eigenvalue weighted by atomic mass is 10.2. The molecule has 0 radical (unpaired) electrons. The van der Waals surface area contributed by atoms with Crippen molar-refractivity contribution in [3.63, 3.8) is 0 Å². The SMILES string of the molecule is CCN1Cc2c(Oc3ccc(NC(=O)Nc4cccc(OC)c4)cc3F)ccnc2NC1=O. The molecule has 1 aliphatic heterocycles. The van der Waals surface area contributed by atoms with Crippen LogP contribution in [0.15, 0.2) is 54.7 Å². The van der Waals surface area contributed by atoms with Gasteiger partial charge in [0, 0.05) is 36.2 Å². The lowest BCUT2D eigenvalue weighted by Gasteiger charge is -2.28. The highest BCUT2D eigenvalue weighted by Crippen LogP contribution is 2.34. The van der Waals surface area contributed by atoms with E-state index >= 15 is 0 Å². The molecule has 0 saturated carbocycles. The zero-order valence-electron chi connectivity index (χ0n) is 18.0. The normalized spacial score (nSPS) is 12.5. The molecule has 3 aromatic rings. The number of anilines is 3. The molecule has 9 nitrogen and oxygen atoms in total. The summed E-state index contributed by atoms with van der Waals surface area (Å²) in [7, 11) is 1.53. The van der Waals surface area contributed by atoms with Crippen molar-refractivity contribution in [2.45, 2.75) is 13.5 Å². The fraction of sp³-hybridized carbons (Fsp3) is 0.174. The first-order valence-corrected chi connectivity index (χ1v) is 10.2. The standard InChI is InChI=1S/C23H22FN5O4/c1-3-29-13-17-19(9-10-25-21(17)28-23(29)31)33-20-8-7-15(12-18(20)24)27-22(30)26-14-5-4-6-16(11-14)32-2/h4-12H,3,13H2,1-2H3,(H,25,28,31)(H2,26,27,30). The molecule has 10 heteroatoms. The Bertz CT molecular complexity index is 1200. The van der Waals surface area contributed by atoms with E-state index in [9.17, 15) is 14.0 Å². The Balaban J connectivity index is 1.46. The van der Waals surface area contributed by atoms with Crippen LogP contribution in [0.25, 0.3) is 0 Å². The summed E-state index contributed by atoms with van der Waals surface area (Å²) < 4.78 is 25.6. The number of urea groups is 2. The molecule has 0 aliphatic carbocycles. The quantitative estimate of drug-likeness (QED) is 0.487. The number of ether oxygens (including phenoxy) is 2. The monoisotopic (exact) mass is 451 g/mol. The van der Waals surface area contributed by atoms with E-state index in [1.54, 1.807) is 35.2 Å². The summed E-state index contributed by atoms with van der Waals surface area (Å²) in [6.45, 7) is 2.66. The highest BCUT2D eigenvalue weighted by atomic mass is 19.1. The molecule has 1 aromatic heterocycles. The molecular weight excluding hydrogens is 429 g/mol. The third-order valence-corrected chi connectivity index (χ3v) is 4.99. The van der Waals surface area contributed by atoms with Gasteiger partial charge >= 0.3 is 12.1 Å². The minimum atomic E-state index is -0.660. The van der Waals surface area contributed by atoms with Gasteiger partial charge in [0.1, 0.15) is 17.3 Å². The number of amides is 4. The van der Waals surface area contributed by atoms with Gasteiger partial charge in [-0.3, -0.25) is 5.32 Å². The summed E-state index contributed by atoms with van der Waals surface area (Å²) in [6, 6.07) is 11.8. The predicted molar refractivity (Wildman–Crippen MR) is 121 cm³/mol. The van der Waals surface area contributed by atoms with Crippen LogP contribution in [0.1, 0.15) is 12.5 Å². The zero-order valence-corrected chi connectivity index (χ0v) is 18.0. The Morgan fingerprint density at radius 1 is 1.15 bits per heavy atom. The second kappa shape index (κ2) is 9.43. The summed E-state index contributed by atoms with van der Waals surface area (Å²) in [5.41, 5.74) is 1.43. The zero-order chi connectivity index (χ0) is 23.4. The van der Waals surface area contributed by atoms with Crippen LogP contribution in [0.2, 0.25) is 0 Å². The number of nitrogens with one attached hydrogen (secondary N) is 3. The van der Waals surface area contributed by atoms with Crippen LogP contribution in [-0.4, -0.2) is 35.6 Å². The van der Waals surface area contributed by atoms with Crippen molar-refractivity contribution >= 4 is 29.3 Å². The summed E-state index contributed by atoms with van der Waals surface area (Å²) in [6.07, 6.45) is 1.48.